The molecule has 0 aromatic carbocycles. The van der Waals surface area contributed by atoms with E-state index in [9.17, 15) is 0 Å². The fourth-order valence-electron chi connectivity index (χ4n) is 2.71. The summed E-state index contributed by atoms with van der Waals surface area (Å²) in [6.45, 7) is 5.01. The number of nitrogens with zero attached hydrogens (tertiary/aromatic N) is 2. The summed E-state index contributed by atoms with van der Waals surface area (Å²) < 4.78 is 0. The SMILES string of the molecule is CN1C[C@@H]2[C@H](C1)C2(C)N(C)C. The molecule has 0 radical (unpaired) electrons. The van der Waals surface area contributed by atoms with E-state index in [2.05, 4.69) is 37.9 Å². The summed E-state index contributed by atoms with van der Waals surface area (Å²) in [7, 11) is 6.64. The van der Waals surface area contributed by atoms with Crippen LogP contribution in [0.3, 0.4) is 0 Å². The quantitative estimate of drug-likeness (QED) is 0.542. The van der Waals surface area contributed by atoms with E-state index in [1.807, 2.05) is 0 Å². The van der Waals surface area contributed by atoms with Crippen LogP contribution in [0.4, 0.5) is 0 Å². The highest BCUT2D eigenvalue weighted by Gasteiger charge is 2.65. The highest BCUT2D eigenvalue weighted by Crippen LogP contribution is 2.57. The first-order valence-electron chi connectivity index (χ1n) is 4.42. The minimum Gasteiger partial charge on any atom is -0.306 e. The molecular formula is C9H18N2. The van der Waals surface area contributed by atoms with E-state index >= 15 is 0 Å². The predicted octanol–water partition coefficient (Wildman–Crippen LogP) is 0.498. The molecule has 64 valence electrons. The molecule has 1 aliphatic heterocycles. The Kier molecular flexibility index (Phi) is 1.37. The Labute approximate surface area is 69.2 Å². The maximum atomic E-state index is 2.45. The van der Waals surface area contributed by atoms with Crippen LogP contribution in [0.15, 0.2) is 0 Å². The van der Waals surface area contributed by atoms with Crippen LogP contribution in [0, 0.1) is 11.8 Å². The first-order chi connectivity index (χ1) is 5.06. The van der Waals surface area contributed by atoms with Crippen molar-refractivity contribution >= 4 is 0 Å². The van der Waals surface area contributed by atoms with Crippen molar-refractivity contribution in [1.29, 1.82) is 0 Å². The molecule has 2 heteroatoms. The molecule has 0 aromatic rings. The van der Waals surface area contributed by atoms with Crippen molar-refractivity contribution in [3.8, 4) is 0 Å². The molecule has 0 amide bonds. The highest BCUT2D eigenvalue weighted by molar-refractivity contribution is 5.19. The highest BCUT2D eigenvalue weighted by atomic mass is 15.3. The zero-order valence-electron chi connectivity index (χ0n) is 7.96. The molecule has 11 heavy (non-hydrogen) atoms. The van der Waals surface area contributed by atoms with Gasteiger partial charge in [0, 0.05) is 18.6 Å². The maximum Gasteiger partial charge on any atom is 0.0263 e. The van der Waals surface area contributed by atoms with Gasteiger partial charge in [-0.1, -0.05) is 0 Å². The minimum atomic E-state index is 0.534. The number of hydrogen-bond donors (Lipinski definition) is 0. The Balaban J connectivity index is 2.05. The van der Waals surface area contributed by atoms with Crippen LogP contribution in [0.2, 0.25) is 0 Å². The smallest absolute Gasteiger partial charge is 0.0263 e. The predicted molar refractivity (Wildman–Crippen MR) is 46.6 cm³/mol. The molecule has 1 unspecified atom stereocenters. The van der Waals surface area contributed by atoms with Crippen molar-refractivity contribution in [2.45, 2.75) is 12.5 Å². The zero-order valence-corrected chi connectivity index (χ0v) is 7.96. The van der Waals surface area contributed by atoms with Crippen LogP contribution in [-0.4, -0.2) is 49.6 Å². The number of piperidine rings is 1. The van der Waals surface area contributed by atoms with Gasteiger partial charge in [-0.25, -0.2) is 0 Å². The van der Waals surface area contributed by atoms with Crippen LogP contribution in [0.25, 0.3) is 0 Å². The summed E-state index contributed by atoms with van der Waals surface area (Å²) in [6, 6.07) is 0. The van der Waals surface area contributed by atoms with Crippen molar-refractivity contribution < 1.29 is 0 Å². The van der Waals surface area contributed by atoms with Gasteiger partial charge < -0.3 is 9.80 Å². The number of fused-ring (bicyclic) bond motifs is 1. The molecule has 1 heterocycles. The van der Waals surface area contributed by atoms with Crippen molar-refractivity contribution in [2.24, 2.45) is 11.8 Å². The second-order valence-electron chi connectivity index (χ2n) is 4.55. The number of rotatable bonds is 1. The Bertz CT molecular complexity index is 164. The fraction of sp³-hybridized carbons (Fsp3) is 1.00. The second kappa shape index (κ2) is 1.99. The Hall–Kier alpha value is -0.0800. The molecule has 1 aliphatic carbocycles. The third kappa shape index (κ3) is 0.798. The Morgan fingerprint density at radius 2 is 1.73 bits per heavy atom. The van der Waals surface area contributed by atoms with E-state index in [0.717, 1.165) is 11.8 Å². The molecule has 0 aromatic heterocycles. The lowest BCUT2D eigenvalue weighted by Crippen LogP contribution is -2.37. The molecule has 0 spiro atoms. The van der Waals surface area contributed by atoms with E-state index in [1.54, 1.807) is 0 Å². The maximum absolute atomic E-state index is 2.45. The van der Waals surface area contributed by atoms with Crippen molar-refractivity contribution in [3.63, 3.8) is 0 Å². The molecule has 2 aliphatic rings. The molecule has 2 nitrogen and oxygen atoms in total. The van der Waals surface area contributed by atoms with Crippen LogP contribution >= 0.6 is 0 Å². The van der Waals surface area contributed by atoms with Gasteiger partial charge in [0.1, 0.15) is 0 Å². The lowest BCUT2D eigenvalue weighted by atomic mass is 10.1. The van der Waals surface area contributed by atoms with Gasteiger partial charge in [-0.2, -0.15) is 0 Å². The summed E-state index contributed by atoms with van der Waals surface area (Å²) in [5.74, 6) is 1.89. The standard InChI is InChI=1S/C9H18N2/c1-9(10(2)3)7-5-11(4)6-8(7)9/h7-8H,5-6H2,1-4H3/t7-,8+,9?. The molecule has 0 bridgehead atoms. The monoisotopic (exact) mass is 154 g/mol. The number of likely N-dealkylation sites (tertiary alicyclic amines) is 1. The average molecular weight is 154 g/mol. The van der Waals surface area contributed by atoms with Gasteiger partial charge in [0.05, 0.1) is 0 Å². The molecule has 3 atom stereocenters. The normalized spacial score (nSPS) is 49.9. The second-order valence-corrected chi connectivity index (χ2v) is 4.55. The van der Waals surface area contributed by atoms with E-state index in [0.29, 0.717) is 5.54 Å². The van der Waals surface area contributed by atoms with Crippen LogP contribution < -0.4 is 0 Å². The Morgan fingerprint density at radius 1 is 1.27 bits per heavy atom. The van der Waals surface area contributed by atoms with E-state index < -0.39 is 0 Å². The fourth-order valence-corrected chi connectivity index (χ4v) is 2.71. The van der Waals surface area contributed by atoms with Gasteiger partial charge in [0.25, 0.3) is 0 Å². The van der Waals surface area contributed by atoms with E-state index in [-0.39, 0.29) is 0 Å². The number of hydrogen-bond acceptors (Lipinski definition) is 2. The molecule has 2 rings (SSSR count). The van der Waals surface area contributed by atoms with Gasteiger partial charge in [-0.05, 0) is 39.9 Å². The first kappa shape index (κ1) is 7.56. The Morgan fingerprint density at radius 3 is 2.09 bits per heavy atom. The molecule has 1 saturated carbocycles. The van der Waals surface area contributed by atoms with Gasteiger partial charge in [-0.15, -0.1) is 0 Å². The lowest BCUT2D eigenvalue weighted by molar-refractivity contribution is 0.203. The van der Waals surface area contributed by atoms with Gasteiger partial charge >= 0.3 is 0 Å². The van der Waals surface area contributed by atoms with Gasteiger partial charge in [-0.3, -0.25) is 0 Å². The summed E-state index contributed by atoms with van der Waals surface area (Å²) in [5, 5.41) is 0. The lowest BCUT2D eigenvalue weighted by Gasteiger charge is -2.26. The first-order valence-corrected chi connectivity index (χ1v) is 4.42. The minimum absolute atomic E-state index is 0.534. The largest absolute Gasteiger partial charge is 0.306 e. The van der Waals surface area contributed by atoms with Crippen molar-refractivity contribution in [2.75, 3.05) is 34.2 Å². The van der Waals surface area contributed by atoms with Gasteiger partial charge in [0.2, 0.25) is 0 Å². The summed E-state index contributed by atoms with van der Waals surface area (Å²) in [4.78, 5) is 4.84. The zero-order chi connectivity index (χ0) is 8.22. The average Bonchev–Trinajstić information content (AvgIpc) is 2.38. The van der Waals surface area contributed by atoms with Crippen molar-refractivity contribution in [1.82, 2.24) is 9.80 Å². The topological polar surface area (TPSA) is 6.48 Å². The summed E-state index contributed by atoms with van der Waals surface area (Å²) >= 11 is 0. The molecular weight excluding hydrogens is 136 g/mol. The summed E-state index contributed by atoms with van der Waals surface area (Å²) in [5.41, 5.74) is 0.534. The van der Waals surface area contributed by atoms with E-state index in [1.165, 1.54) is 13.1 Å². The molecule has 1 saturated heterocycles. The van der Waals surface area contributed by atoms with E-state index in [4.69, 9.17) is 0 Å². The molecule has 2 fully saturated rings. The summed E-state index contributed by atoms with van der Waals surface area (Å²) in [6.07, 6.45) is 0. The third-order valence-corrected chi connectivity index (χ3v) is 3.86. The molecule has 0 N–H and O–H groups in total. The van der Waals surface area contributed by atoms with Crippen LogP contribution in [-0.2, 0) is 0 Å². The van der Waals surface area contributed by atoms with Crippen molar-refractivity contribution in [3.05, 3.63) is 0 Å². The third-order valence-electron chi connectivity index (χ3n) is 3.86. The van der Waals surface area contributed by atoms with Crippen LogP contribution in [0.1, 0.15) is 6.92 Å². The van der Waals surface area contributed by atoms with Gasteiger partial charge in [0.15, 0.2) is 0 Å². The van der Waals surface area contributed by atoms with Crippen LogP contribution in [0.5, 0.6) is 0 Å².